The molecule has 0 aliphatic rings. The summed E-state index contributed by atoms with van der Waals surface area (Å²) in [5.41, 5.74) is 1.56. The first kappa shape index (κ1) is 10.6. The van der Waals surface area contributed by atoms with Crippen molar-refractivity contribution >= 4 is 22.6 Å². The van der Waals surface area contributed by atoms with Crippen molar-refractivity contribution in [2.75, 3.05) is 0 Å². The van der Waals surface area contributed by atoms with Crippen molar-refractivity contribution in [1.82, 2.24) is 9.78 Å². The van der Waals surface area contributed by atoms with Crippen LogP contribution in [0, 0.1) is 3.57 Å². The van der Waals surface area contributed by atoms with E-state index in [2.05, 4.69) is 27.7 Å². The first-order valence-electron chi connectivity index (χ1n) is 4.60. The number of aromatic nitrogens is 2. The lowest BCUT2D eigenvalue weighted by molar-refractivity contribution is 0.214. The van der Waals surface area contributed by atoms with E-state index in [9.17, 15) is 5.11 Å². The summed E-state index contributed by atoms with van der Waals surface area (Å²) < 4.78 is 2.80. The van der Waals surface area contributed by atoms with E-state index < -0.39 is 6.10 Å². The van der Waals surface area contributed by atoms with Crippen LogP contribution < -0.4 is 0 Å². The van der Waals surface area contributed by atoms with E-state index in [1.807, 2.05) is 43.6 Å². The van der Waals surface area contributed by atoms with E-state index in [1.54, 1.807) is 4.68 Å². The number of aryl methyl sites for hydroxylation is 1. The average molecular weight is 314 g/mol. The van der Waals surface area contributed by atoms with Gasteiger partial charge in [-0.15, -0.1) is 0 Å². The van der Waals surface area contributed by atoms with Crippen molar-refractivity contribution in [2.24, 2.45) is 7.05 Å². The Labute approximate surface area is 102 Å². The second-order valence-electron chi connectivity index (χ2n) is 3.37. The Morgan fingerprint density at radius 3 is 2.80 bits per heavy atom. The first-order valence-corrected chi connectivity index (χ1v) is 5.68. The third-order valence-electron chi connectivity index (χ3n) is 2.18. The highest BCUT2D eigenvalue weighted by Crippen LogP contribution is 2.21. The minimum Gasteiger partial charge on any atom is -0.382 e. The molecule has 3 nitrogen and oxygen atoms in total. The highest BCUT2D eigenvalue weighted by atomic mass is 127. The van der Waals surface area contributed by atoms with Gasteiger partial charge in [-0.05, 0) is 46.4 Å². The van der Waals surface area contributed by atoms with Crippen LogP contribution in [0.15, 0.2) is 36.5 Å². The molecule has 1 atom stereocenters. The number of hydrogen-bond acceptors (Lipinski definition) is 2. The molecular weight excluding hydrogens is 303 g/mol. The van der Waals surface area contributed by atoms with E-state index in [1.165, 1.54) is 0 Å². The maximum absolute atomic E-state index is 10.1. The summed E-state index contributed by atoms with van der Waals surface area (Å²) in [5, 5.41) is 14.2. The van der Waals surface area contributed by atoms with Gasteiger partial charge in [0.25, 0.3) is 0 Å². The molecule has 0 aliphatic heterocycles. The Hall–Kier alpha value is -0.880. The fraction of sp³-hybridized carbons (Fsp3) is 0.182. The molecule has 78 valence electrons. The van der Waals surface area contributed by atoms with Crippen molar-refractivity contribution < 1.29 is 5.11 Å². The molecule has 2 rings (SSSR count). The molecule has 0 fully saturated rings. The molecule has 1 heterocycles. The summed E-state index contributed by atoms with van der Waals surface area (Å²) in [6.07, 6.45) is 1.19. The van der Waals surface area contributed by atoms with E-state index in [0.29, 0.717) is 5.69 Å². The fourth-order valence-electron chi connectivity index (χ4n) is 1.43. The molecule has 1 N–H and O–H groups in total. The van der Waals surface area contributed by atoms with E-state index >= 15 is 0 Å². The van der Waals surface area contributed by atoms with Gasteiger partial charge in [0.2, 0.25) is 0 Å². The minimum absolute atomic E-state index is 0.638. The number of nitrogens with zero attached hydrogens (tertiary/aromatic N) is 2. The van der Waals surface area contributed by atoms with Crippen LogP contribution in [0.4, 0.5) is 0 Å². The van der Waals surface area contributed by atoms with Crippen molar-refractivity contribution in [2.45, 2.75) is 6.10 Å². The standard InChI is InChI=1S/C11H11IN2O/c1-14-6-5-10(13-14)11(15)8-3-2-4-9(12)7-8/h2-7,11,15H,1H3. The molecule has 1 unspecified atom stereocenters. The fourth-order valence-corrected chi connectivity index (χ4v) is 1.99. The second-order valence-corrected chi connectivity index (χ2v) is 4.62. The minimum atomic E-state index is -0.638. The van der Waals surface area contributed by atoms with Crippen LogP contribution in [-0.2, 0) is 7.05 Å². The third kappa shape index (κ3) is 2.38. The first-order chi connectivity index (χ1) is 7.16. The van der Waals surface area contributed by atoms with Crippen LogP contribution in [0.3, 0.4) is 0 Å². The Morgan fingerprint density at radius 1 is 1.40 bits per heavy atom. The second kappa shape index (κ2) is 4.32. The maximum Gasteiger partial charge on any atom is 0.123 e. The summed E-state index contributed by atoms with van der Waals surface area (Å²) in [4.78, 5) is 0. The molecule has 0 bridgehead atoms. The zero-order chi connectivity index (χ0) is 10.8. The van der Waals surface area contributed by atoms with Gasteiger partial charge in [-0.25, -0.2) is 0 Å². The van der Waals surface area contributed by atoms with Crippen LogP contribution in [-0.4, -0.2) is 14.9 Å². The summed E-state index contributed by atoms with van der Waals surface area (Å²) in [7, 11) is 1.84. The molecule has 1 aromatic heterocycles. The molecule has 15 heavy (non-hydrogen) atoms. The smallest absolute Gasteiger partial charge is 0.123 e. The number of halogens is 1. The van der Waals surface area contributed by atoms with Crippen molar-refractivity contribution in [1.29, 1.82) is 0 Å². The van der Waals surface area contributed by atoms with E-state index in [4.69, 9.17) is 0 Å². The van der Waals surface area contributed by atoms with Gasteiger partial charge < -0.3 is 5.11 Å². The SMILES string of the molecule is Cn1ccc(C(O)c2cccc(I)c2)n1. The lowest BCUT2D eigenvalue weighted by atomic mass is 10.1. The zero-order valence-corrected chi connectivity index (χ0v) is 10.4. The molecule has 0 aliphatic carbocycles. The van der Waals surface area contributed by atoms with Crippen LogP contribution in [0.25, 0.3) is 0 Å². The summed E-state index contributed by atoms with van der Waals surface area (Å²) in [6, 6.07) is 9.62. The van der Waals surface area contributed by atoms with E-state index in [0.717, 1.165) is 9.13 Å². The molecule has 0 saturated carbocycles. The number of rotatable bonds is 2. The maximum atomic E-state index is 10.1. The largest absolute Gasteiger partial charge is 0.382 e. The van der Waals surface area contributed by atoms with Crippen molar-refractivity contribution in [3.05, 3.63) is 51.4 Å². The van der Waals surface area contributed by atoms with Crippen LogP contribution in [0.2, 0.25) is 0 Å². The molecule has 2 aromatic rings. The van der Waals surface area contributed by atoms with E-state index in [-0.39, 0.29) is 0 Å². The van der Waals surface area contributed by atoms with Gasteiger partial charge in [0.05, 0.1) is 5.69 Å². The Morgan fingerprint density at radius 2 is 2.20 bits per heavy atom. The van der Waals surface area contributed by atoms with Crippen LogP contribution >= 0.6 is 22.6 Å². The lowest BCUT2D eigenvalue weighted by Crippen LogP contribution is -2.01. The molecule has 0 spiro atoms. The van der Waals surface area contributed by atoms with Gasteiger partial charge in [0.15, 0.2) is 0 Å². The quantitative estimate of drug-likeness (QED) is 0.862. The number of benzene rings is 1. The van der Waals surface area contributed by atoms with Crippen LogP contribution in [0.5, 0.6) is 0 Å². The van der Waals surface area contributed by atoms with Gasteiger partial charge in [-0.1, -0.05) is 12.1 Å². The van der Waals surface area contributed by atoms with Gasteiger partial charge in [-0.3, -0.25) is 4.68 Å². The number of hydrogen-bond donors (Lipinski definition) is 1. The summed E-state index contributed by atoms with van der Waals surface area (Å²) in [5.74, 6) is 0. The predicted molar refractivity (Wildman–Crippen MR) is 66.4 cm³/mol. The van der Waals surface area contributed by atoms with Gasteiger partial charge in [0.1, 0.15) is 6.10 Å². The highest BCUT2D eigenvalue weighted by molar-refractivity contribution is 14.1. The lowest BCUT2D eigenvalue weighted by Gasteiger charge is -2.08. The molecule has 0 amide bonds. The Balaban J connectivity index is 2.32. The topological polar surface area (TPSA) is 38.0 Å². The normalized spacial score (nSPS) is 12.7. The third-order valence-corrected chi connectivity index (χ3v) is 2.85. The van der Waals surface area contributed by atoms with Crippen LogP contribution in [0.1, 0.15) is 17.4 Å². The molecule has 4 heteroatoms. The predicted octanol–water partition coefficient (Wildman–Crippen LogP) is 2.11. The zero-order valence-electron chi connectivity index (χ0n) is 8.26. The van der Waals surface area contributed by atoms with Gasteiger partial charge >= 0.3 is 0 Å². The number of aliphatic hydroxyl groups excluding tert-OH is 1. The summed E-state index contributed by atoms with van der Waals surface area (Å²) >= 11 is 2.23. The van der Waals surface area contributed by atoms with Gasteiger partial charge in [-0.2, -0.15) is 5.10 Å². The Kier molecular flexibility index (Phi) is 3.06. The number of aliphatic hydroxyl groups is 1. The monoisotopic (exact) mass is 314 g/mol. The van der Waals surface area contributed by atoms with Crippen molar-refractivity contribution in [3.8, 4) is 0 Å². The molecule has 0 radical (unpaired) electrons. The van der Waals surface area contributed by atoms with Crippen molar-refractivity contribution in [3.63, 3.8) is 0 Å². The summed E-state index contributed by atoms with van der Waals surface area (Å²) in [6.45, 7) is 0. The molecular formula is C11H11IN2O. The molecule has 1 aromatic carbocycles. The average Bonchev–Trinajstić information content (AvgIpc) is 2.64. The highest BCUT2D eigenvalue weighted by Gasteiger charge is 2.12. The van der Waals surface area contributed by atoms with Gasteiger partial charge in [0, 0.05) is 16.8 Å². The molecule has 0 saturated heterocycles. The Bertz CT molecular complexity index is 467.